The van der Waals surface area contributed by atoms with Gasteiger partial charge in [0.2, 0.25) is 5.91 Å². The van der Waals surface area contributed by atoms with Gasteiger partial charge in [0, 0.05) is 18.1 Å². The molecule has 1 aromatic rings. The summed E-state index contributed by atoms with van der Waals surface area (Å²) in [6, 6.07) is 6.53. The van der Waals surface area contributed by atoms with Gasteiger partial charge in [0.15, 0.2) is 0 Å². The quantitative estimate of drug-likeness (QED) is 0.933. The molecular formula is C15H16ClN3O2. The molecular weight excluding hydrogens is 290 g/mol. The summed E-state index contributed by atoms with van der Waals surface area (Å²) in [5, 5.41) is 11.6. The van der Waals surface area contributed by atoms with Crippen LogP contribution < -0.4 is 5.32 Å². The summed E-state index contributed by atoms with van der Waals surface area (Å²) in [6.07, 6.45) is 2.86. The maximum Gasteiger partial charge on any atom is 0.256 e. The molecule has 5 nitrogen and oxygen atoms in total. The number of nitrogens with zero attached hydrogens (tertiary/aromatic N) is 2. The number of benzene rings is 1. The molecule has 0 bridgehead atoms. The van der Waals surface area contributed by atoms with Crippen molar-refractivity contribution in [2.45, 2.75) is 25.7 Å². The largest absolute Gasteiger partial charge is 0.339 e. The van der Waals surface area contributed by atoms with Crippen LogP contribution in [-0.4, -0.2) is 29.8 Å². The number of piperidine rings is 1. The Morgan fingerprint density at radius 2 is 2.00 bits per heavy atom. The van der Waals surface area contributed by atoms with Gasteiger partial charge in [0.1, 0.15) is 6.42 Å². The second-order valence-electron chi connectivity index (χ2n) is 4.93. The smallest absolute Gasteiger partial charge is 0.256 e. The lowest BCUT2D eigenvalue weighted by Gasteiger charge is -2.27. The van der Waals surface area contributed by atoms with E-state index in [1.807, 2.05) is 0 Å². The first-order chi connectivity index (χ1) is 10.1. The van der Waals surface area contributed by atoms with Gasteiger partial charge < -0.3 is 10.2 Å². The van der Waals surface area contributed by atoms with Gasteiger partial charge in [-0.15, -0.1) is 0 Å². The zero-order chi connectivity index (χ0) is 15.2. The van der Waals surface area contributed by atoms with Gasteiger partial charge in [-0.2, -0.15) is 5.26 Å². The molecule has 0 spiro atoms. The maximum absolute atomic E-state index is 12.6. The van der Waals surface area contributed by atoms with Gasteiger partial charge in [-0.3, -0.25) is 9.59 Å². The number of carbonyl (C=O) groups is 2. The molecule has 0 aliphatic carbocycles. The van der Waals surface area contributed by atoms with Crippen molar-refractivity contribution in [3.63, 3.8) is 0 Å². The molecule has 1 aromatic carbocycles. The molecule has 0 unspecified atom stereocenters. The van der Waals surface area contributed by atoms with Gasteiger partial charge in [-0.1, -0.05) is 11.6 Å². The summed E-state index contributed by atoms with van der Waals surface area (Å²) in [5.74, 6) is -0.572. The summed E-state index contributed by atoms with van der Waals surface area (Å²) >= 11 is 5.96. The van der Waals surface area contributed by atoms with Crippen molar-refractivity contribution < 1.29 is 9.59 Å². The third kappa shape index (κ3) is 3.96. The zero-order valence-electron chi connectivity index (χ0n) is 11.6. The lowest BCUT2D eigenvalue weighted by molar-refractivity contribution is -0.115. The second kappa shape index (κ2) is 7.09. The van der Waals surface area contributed by atoms with Crippen LogP contribution in [0.3, 0.4) is 0 Å². The third-order valence-corrected chi connectivity index (χ3v) is 3.60. The fraction of sp³-hybridized carbons (Fsp3) is 0.400. The number of rotatable bonds is 3. The highest BCUT2D eigenvalue weighted by molar-refractivity contribution is 6.31. The Kier molecular flexibility index (Phi) is 5.18. The van der Waals surface area contributed by atoms with Crippen LogP contribution in [0.15, 0.2) is 18.2 Å². The highest BCUT2D eigenvalue weighted by atomic mass is 35.5. The first-order valence-corrected chi connectivity index (χ1v) is 7.25. The standard InChI is InChI=1S/C15H16ClN3O2/c16-11-4-5-13(18-14(20)6-7-17)12(10-11)15(21)19-8-2-1-3-9-19/h4-5,10H,1-3,6,8-9H2,(H,18,20). The number of hydrogen-bond acceptors (Lipinski definition) is 3. The Morgan fingerprint density at radius 3 is 2.67 bits per heavy atom. The molecule has 0 saturated carbocycles. The molecule has 1 aliphatic rings. The topological polar surface area (TPSA) is 73.2 Å². The molecule has 0 aromatic heterocycles. The Hall–Kier alpha value is -2.06. The minimum Gasteiger partial charge on any atom is -0.339 e. The molecule has 1 heterocycles. The van der Waals surface area contributed by atoms with Gasteiger partial charge in [-0.25, -0.2) is 0 Å². The van der Waals surface area contributed by atoms with E-state index in [1.54, 1.807) is 29.2 Å². The summed E-state index contributed by atoms with van der Waals surface area (Å²) in [5.41, 5.74) is 0.769. The predicted octanol–water partition coefficient (Wildman–Crippen LogP) is 2.82. The van der Waals surface area contributed by atoms with Crippen LogP contribution in [0.2, 0.25) is 5.02 Å². The number of carbonyl (C=O) groups excluding carboxylic acids is 2. The maximum atomic E-state index is 12.6. The molecule has 2 rings (SSSR count). The molecule has 110 valence electrons. The van der Waals surface area contributed by atoms with Crippen LogP contribution in [0.25, 0.3) is 0 Å². The summed E-state index contributed by atoms with van der Waals surface area (Å²) < 4.78 is 0. The van der Waals surface area contributed by atoms with Crippen molar-refractivity contribution in [1.82, 2.24) is 4.90 Å². The number of hydrogen-bond donors (Lipinski definition) is 1. The highest BCUT2D eigenvalue weighted by Crippen LogP contribution is 2.24. The van der Waals surface area contributed by atoms with Crippen LogP contribution in [0, 0.1) is 11.3 Å². The van der Waals surface area contributed by atoms with E-state index in [4.69, 9.17) is 16.9 Å². The summed E-state index contributed by atoms with van der Waals surface area (Å²) in [4.78, 5) is 25.9. The highest BCUT2D eigenvalue weighted by Gasteiger charge is 2.21. The summed E-state index contributed by atoms with van der Waals surface area (Å²) in [6.45, 7) is 1.44. The molecule has 6 heteroatoms. The molecule has 21 heavy (non-hydrogen) atoms. The fourth-order valence-electron chi connectivity index (χ4n) is 2.34. The van der Waals surface area contributed by atoms with Gasteiger partial charge >= 0.3 is 0 Å². The lowest BCUT2D eigenvalue weighted by Crippen LogP contribution is -2.36. The Balaban J connectivity index is 2.24. The van der Waals surface area contributed by atoms with E-state index in [2.05, 4.69) is 5.32 Å². The molecule has 0 atom stereocenters. The Bertz CT molecular complexity index is 589. The predicted molar refractivity (Wildman–Crippen MR) is 80.1 cm³/mol. The number of halogens is 1. The lowest BCUT2D eigenvalue weighted by atomic mass is 10.1. The van der Waals surface area contributed by atoms with Crippen molar-refractivity contribution >= 4 is 29.1 Å². The van der Waals surface area contributed by atoms with E-state index in [1.165, 1.54) is 0 Å². The van der Waals surface area contributed by atoms with Crippen molar-refractivity contribution in [1.29, 1.82) is 5.26 Å². The second-order valence-corrected chi connectivity index (χ2v) is 5.36. The molecule has 1 saturated heterocycles. The first kappa shape index (κ1) is 15.3. The molecule has 2 amide bonds. The molecule has 1 fully saturated rings. The average Bonchev–Trinajstić information content (AvgIpc) is 2.49. The molecule has 0 radical (unpaired) electrons. The summed E-state index contributed by atoms with van der Waals surface area (Å²) in [7, 11) is 0. The fourth-order valence-corrected chi connectivity index (χ4v) is 2.51. The number of nitriles is 1. The van der Waals surface area contributed by atoms with Gasteiger partial charge in [0.05, 0.1) is 17.3 Å². The van der Waals surface area contributed by atoms with Crippen LogP contribution in [-0.2, 0) is 4.79 Å². The number of amides is 2. The number of likely N-dealkylation sites (tertiary alicyclic amines) is 1. The first-order valence-electron chi connectivity index (χ1n) is 6.87. The van der Waals surface area contributed by atoms with Crippen molar-refractivity contribution in [2.75, 3.05) is 18.4 Å². The minimum absolute atomic E-state index is 0.135. The van der Waals surface area contributed by atoms with E-state index < -0.39 is 5.91 Å². The third-order valence-electron chi connectivity index (χ3n) is 3.37. The van der Waals surface area contributed by atoms with Crippen LogP contribution >= 0.6 is 11.6 Å². The minimum atomic E-state index is -0.437. The van der Waals surface area contributed by atoms with E-state index in [-0.39, 0.29) is 12.3 Å². The van der Waals surface area contributed by atoms with Crippen LogP contribution in [0.5, 0.6) is 0 Å². The number of anilines is 1. The number of nitrogens with one attached hydrogen (secondary N) is 1. The monoisotopic (exact) mass is 305 g/mol. The molecule has 1 N–H and O–H groups in total. The van der Waals surface area contributed by atoms with E-state index >= 15 is 0 Å². The van der Waals surface area contributed by atoms with Crippen LogP contribution in [0.1, 0.15) is 36.0 Å². The Morgan fingerprint density at radius 1 is 1.29 bits per heavy atom. The van der Waals surface area contributed by atoms with Crippen molar-refractivity contribution in [3.8, 4) is 6.07 Å². The normalized spacial score (nSPS) is 14.4. The van der Waals surface area contributed by atoms with Crippen LogP contribution in [0.4, 0.5) is 5.69 Å². The molecule has 1 aliphatic heterocycles. The van der Waals surface area contributed by atoms with E-state index in [9.17, 15) is 9.59 Å². The van der Waals surface area contributed by atoms with Gasteiger partial charge in [-0.05, 0) is 37.5 Å². The van der Waals surface area contributed by atoms with E-state index in [0.717, 1.165) is 32.4 Å². The average molecular weight is 306 g/mol. The SMILES string of the molecule is N#CCC(=O)Nc1ccc(Cl)cc1C(=O)N1CCCCC1. The zero-order valence-corrected chi connectivity index (χ0v) is 12.3. The van der Waals surface area contributed by atoms with Crippen molar-refractivity contribution in [2.24, 2.45) is 0 Å². The van der Waals surface area contributed by atoms with Crippen molar-refractivity contribution in [3.05, 3.63) is 28.8 Å². The van der Waals surface area contributed by atoms with E-state index in [0.29, 0.717) is 16.3 Å². The Labute approximate surface area is 128 Å². The van der Waals surface area contributed by atoms with Gasteiger partial charge in [0.25, 0.3) is 5.91 Å².